The van der Waals surface area contributed by atoms with Gasteiger partial charge < -0.3 is 10.6 Å². The molecule has 1 aromatic rings. The maximum atomic E-state index is 5.76. The third-order valence-electron chi connectivity index (χ3n) is 2.81. The van der Waals surface area contributed by atoms with Gasteiger partial charge in [-0.1, -0.05) is 32.4 Å². The standard InChI is InChI=1S/C14H24N2/c1-4-6-12(2)10-16(3)11-13-7-5-8-14(15)9-13/h5,7-9,12H,4,6,10-11,15H2,1-3H3. The predicted octanol–water partition coefficient (Wildman–Crippen LogP) is 3.14. The summed E-state index contributed by atoms with van der Waals surface area (Å²) in [6, 6.07) is 8.15. The Kier molecular flexibility index (Phi) is 5.33. The zero-order valence-electron chi connectivity index (χ0n) is 10.7. The summed E-state index contributed by atoms with van der Waals surface area (Å²) in [7, 11) is 2.18. The summed E-state index contributed by atoms with van der Waals surface area (Å²) < 4.78 is 0. The lowest BCUT2D eigenvalue weighted by atomic mass is 10.1. The van der Waals surface area contributed by atoms with Gasteiger partial charge in [0, 0.05) is 18.8 Å². The molecule has 0 amide bonds. The van der Waals surface area contributed by atoms with Crippen LogP contribution in [0.4, 0.5) is 5.69 Å². The number of nitrogen functional groups attached to an aromatic ring is 1. The maximum Gasteiger partial charge on any atom is 0.0317 e. The van der Waals surface area contributed by atoms with Crippen LogP contribution in [-0.2, 0) is 6.54 Å². The Morgan fingerprint density at radius 2 is 2.12 bits per heavy atom. The van der Waals surface area contributed by atoms with Crippen molar-refractivity contribution < 1.29 is 0 Å². The minimum atomic E-state index is 0.774. The van der Waals surface area contributed by atoms with E-state index in [4.69, 9.17) is 5.73 Å². The highest BCUT2D eigenvalue weighted by Gasteiger charge is 2.06. The van der Waals surface area contributed by atoms with Crippen molar-refractivity contribution in [3.8, 4) is 0 Å². The fourth-order valence-electron chi connectivity index (χ4n) is 2.18. The van der Waals surface area contributed by atoms with Crippen molar-refractivity contribution in [2.24, 2.45) is 5.92 Å². The molecule has 0 fully saturated rings. The Hall–Kier alpha value is -1.02. The summed E-state index contributed by atoms with van der Waals surface area (Å²) in [5.41, 5.74) is 7.92. The summed E-state index contributed by atoms with van der Waals surface area (Å²) in [6.07, 6.45) is 2.58. The first-order valence-corrected chi connectivity index (χ1v) is 6.14. The van der Waals surface area contributed by atoms with Crippen molar-refractivity contribution in [1.82, 2.24) is 4.90 Å². The number of anilines is 1. The Morgan fingerprint density at radius 1 is 1.38 bits per heavy atom. The zero-order chi connectivity index (χ0) is 12.0. The first-order chi connectivity index (χ1) is 7.61. The van der Waals surface area contributed by atoms with Crippen LogP contribution in [0.15, 0.2) is 24.3 Å². The van der Waals surface area contributed by atoms with Gasteiger partial charge >= 0.3 is 0 Å². The molecule has 0 saturated carbocycles. The van der Waals surface area contributed by atoms with E-state index in [0.29, 0.717) is 0 Å². The van der Waals surface area contributed by atoms with Crippen molar-refractivity contribution in [3.05, 3.63) is 29.8 Å². The third kappa shape index (κ3) is 4.67. The highest BCUT2D eigenvalue weighted by molar-refractivity contribution is 5.40. The van der Waals surface area contributed by atoms with Gasteiger partial charge in [0.15, 0.2) is 0 Å². The van der Waals surface area contributed by atoms with Gasteiger partial charge in [-0.15, -0.1) is 0 Å². The van der Waals surface area contributed by atoms with Crippen LogP contribution >= 0.6 is 0 Å². The van der Waals surface area contributed by atoms with E-state index in [1.165, 1.54) is 18.4 Å². The molecule has 1 atom stereocenters. The molecule has 2 heteroatoms. The van der Waals surface area contributed by atoms with Crippen LogP contribution in [0.25, 0.3) is 0 Å². The largest absolute Gasteiger partial charge is 0.399 e. The summed E-state index contributed by atoms with van der Waals surface area (Å²) in [6.45, 7) is 6.70. The zero-order valence-corrected chi connectivity index (χ0v) is 10.7. The Morgan fingerprint density at radius 3 is 2.75 bits per heavy atom. The topological polar surface area (TPSA) is 29.3 Å². The molecule has 0 spiro atoms. The van der Waals surface area contributed by atoms with Crippen LogP contribution in [0.5, 0.6) is 0 Å². The van der Waals surface area contributed by atoms with Crippen molar-refractivity contribution in [2.75, 3.05) is 19.3 Å². The number of nitrogens with two attached hydrogens (primary N) is 1. The fourth-order valence-corrected chi connectivity index (χ4v) is 2.18. The quantitative estimate of drug-likeness (QED) is 0.746. The number of benzene rings is 1. The lowest BCUT2D eigenvalue weighted by Crippen LogP contribution is -2.24. The summed E-state index contributed by atoms with van der Waals surface area (Å²) in [5, 5.41) is 0. The molecule has 2 nitrogen and oxygen atoms in total. The molecule has 16 heavy (non-hydrogen) atoms. The van der Waals surface area contributed by atoms with Gasteiger partial charge in [0.25, 0.3) is 0 Å². The van der Waals surface area contributed by atoms with E-state index < -0.39 is 0 Å². The van der Waals surface area contributed by atoms with Crippen LogP contribution < -0.4 is 5.73 Å². The molecule has 0 aliphatic rings. The van der Waals surface area contributed by atoms with Crippen LogP contribution in [0.3, 0.4) is 0 Å². The van der Waals surface area contributed by atoms with Gasteiger partial charge in [0.05, 0.1) is 0 Å². The molecule has 0 aliphatic heterocycles. The molecular formula is C14H24N2. The third-order valence-corrected chi connectivity index (χ3v) is 2.81. The average molecular weight is 220 g/mol. The first-order valence-electron chi connectivity index (χ1n) is 6.14. The summed E-state index contributed by atoms with van der Waals surface area (Å²) in [4.78, 5) is 2.37. The van der Waals surface area contributed by atoms with E-state index in [0.717, 1.165) is 24.7 Å². The highest BCUT2D eigenvalue weighted by atomic mass is 15.1. The molecule has 0 heterocycles. The molecule has 1 aromatic carbocycles. The number of rotatable bonds is 6. The van der Waals surface area contributed by atoms with Gasteiger partial charge in [-0.3, -0.25) is 0 Å². The van der Waals surface area contributed by atoms with Crippen LogP contribution in [0.2, 0.25) is 0 Å². The van der Waals surface area contributed by atoms with E-state index in [-0.39, 0.29) is 0 Å². The second kappa shape index (κ2) is 6.54. The van der Waals surface area contributed by atoms with Crippen molar-refractivity contribution in [1.29, 1.82) is 0 Å². The fraction of sp³-hybridized carbons (Fsp3) is 0.571. The molecule has 90 valence electrons. The van der Waals surface area contributed by atoms with Gasteiger partial charge in [0.1, 0.15) is 0 Å². The first kappa shape index (κ1) is 13.0. The molecule has 1 rings (SSSR count). The minimum Gasteiger partial charge on any atom is -0.399 e. The van der Waals surface area contributed by atoms with Gasteiger partial charge in [0.2, 0.25) is 0 Å². The molecule has 0 bridgehead atoms. The van der Waals surface area contributed by atoms with Crippen molar-refractivity contribution in [3.63, 3.8) is 0 Å². The molecule has 2 N–H and O–H groups in total. The normalized spacial score (nSPS) is 13.0. The second-order valence-corrected chi connectivity index (χ2v) is 4.84. The maximum absolute atomic E-state index is 5.76. The molecule has 0 aliphatic carbocycles. The molecule has 0 aromatic heterocycles. The lowest BCUT2D eigenvalue weighted by molar-refractivity contribution is 0.270. The second-order valence-electron chi connectivity index (χ2n) is 4.84. The highest BCUT2D eigenvalue weighted by Crippen LogP contribution is 2.11. The van der Waals surface area contributed by atoms with Crippen molar-refractivity contribution in [2.45, 2.75) is 33.2 Å². The van der Waals surface area contributed by atoms with E-state index in [2.05, 4.69) is 37.9 Å². The Balaban J connectivity index is 2.42. The lowest BCUT2D eigenvalue weighted by Gasteiger charge is -2.21. The van der Waals surface area contributed by atoms with E-state index in [1.54, 1.807) is 0 Å². The van der Waals surface area contributed by atoms with E-state index in [9.17, 15) is 0 Å². The predicted molar refractivity (Wildman–Crippen MR) is 71.3 cm³/mol. The van der Waals surface area contributed by atoms with Gasteiger partial charge in [-0.2, -0.15) is 0 Å². The monoisotopic (exact) mass is 220 g/mol. The smallest absolute Gasteiger partial charge is 0.0317 e. The van der Waals surface area contributed by atoms with E-state index >= 15 is 0 Å². The van der Waals surface area contributed by atoms with Crippen LogP contribution in [-0.4, -0.2) is 18.5 Å². The summed E-state index contributed by atoms with van der Waals surface area (Å²) >= 11 is 0. The SMILES string of the molecule is CCCC(C)CN(C)Cc1cccc(N)c1. The number of hydrogen-bond acceptors (Lipinski definition) is 2. The Bertz CT molecular complexity index is 309. The number of hydrogen-bond donors (Lipinski definition) is 1. The van der Waals surface area contributed by atoms with E-state index in [1.807, 2.05) is 12.1 Å². The Labute approximate surface area is 99.5 Å². The molecule has 0 radical (unpaired) electrons. The van der Waals surface area contributed by atoms with Gasteiger partial charge in [-0.25, -0.2) is 0 Å². The average Bonchev–Trinajstić information content (AvgIpc) is 2.17. The van der Waals surface area contributed by atoms with Crippen LogP contribution in [0, 0.1) is 5.92 Å². The van der Waals surface area contributed by atoms with Crippen molar-refractivity contribution >= 4 is 5.69 Å². The molecule has 1 unspecified atom stereocenters. The minimum absolute atomic E-state index is 0.774. The van der Waals surface area contributed by atoms with Gasteiger partial charge in [-0.05, 0) is 37.1 Å². The van der Waals surface area contributed by atoms with Crippen LogP contribution in [0.1, 0.15) is 32.3 Å². The summed E-state index contributed by atoms with van der Waals surface area (Å²) in [5.74, 6) is 0.774. The molecule has 0 saturated heterocycles. The molecular weight excluding hydrogens is 196 g/mol. The number of nitrogens with zero attached hydrogens (tertiary/aromatic N) is 1.